The number of aliphatic carboxylic acids is 1. The van der Waals surface area contributed by atoms with E-state index in [4.69, 9.17) is 10.5 Å². The lowest BCUT2D eigenvalue weighted by Gasteiger charge is -2.25. The zero-order chi connectivity index (χ0) is 28.8. The molecule has 6 atom stereocenters. The number of carboxylic acid groups (broad SMARTS) is 1. The van der Waals surface area contributed by atoms with E-state index >= 15 is 0 Å². The molecule has 11 nitrogen and oxygen atoms in total. The number of nitrogens with zero attached hydrogens (tertiary/aromatic N) is 1. The zero-order valence-corrected chi connectivity index (χ0v) is 22.6. The molecular weight excluding hydrogens is 531 g/mol. The van der Waals surface area contributed by atoms with Crippen LogP contribution >= 0.6 is 11.8 Å². The third kappa shape index (κ3) is 8.95. The van der Waals surface area contributed by atoms with Crippen LogP contribution in [0.25, 0.3) is 0 Å². The molecule has 1 saturated heterocycles. The molecule has 1 fully saturated rings. The minimum Gasteiger partial charge on any atom is -0.481 e. The van der Waals surface area contributed by atoms with Gasteiger partial charge in [-0.05, 0) is 46.5 Å². The number of alkyl carbamates (subject to hydrolysis) is 1. The van der Waals surface area contributed by atoms with E-state index in [0.717, 1.165) is 6.42 Å². The molecule has 3 amide bonds. The maximum absolute atomic E-state index is 12.8. The van der Waals surface area contributed by atoms with Crippen LogP contribution in [-0.2, 0) is 19.1 Å². The lowest BCUT2D eigenvalue weighted by Crippen LogP contribution is -2.50. The van der Waals surface area contributed by atoms with Crippen molar-refractivity contribution < 1.29 is 42.2 Å². The van der Waals surface area contributed by atoms with Crippen LogP contribution in [0.5, 0.6) is 0 Å². The SMILES string of the molecule is CCCCC(C(=O)O)[C@@H]1S[C@@H](CCCC(NC(=O)OC(C)(C)C)C(N)=O)[C@H]2N=C(NC(=O)C(F)(F)F)N[C@H]21. The second kappa shape index (κ2) is 12.9. The van der Waals surface area contributed by atoms with E-state index in [2.05, 4.69) is 15.6 Å². The Morgan fingerprint density at radius 2 is 1.84 bits per heavy atom. The summed E-state index contributed by atoms with van der Waals surface area (Å²) in [4.78, 5) is 51.7. The number of primary amides is 1. The summed E-state index contributed by atoms with van der Waals surface area (Å²) < 4.78 is 43.4. The number of nitrogens with one attached hydrogen (secondary N) is 3. The van der Waals surface area contributed by atoms with Crippen LogP contribution in [0.2, 0.25) is 0 Å². The quantitative estimate of drug-likeness (QED) is 0.253. The fourth-order valence-corrected chi connectivity index (χ4v) is 6.35. The molecule has 216 valence electrons. The van der Waals surface area contributed by atoms with Gasteiger partial charge in [0.25, 0.3) is 0 Å². The molecule has 2 aliphatic rings. The largest absolute Gasteiger partial charge is 0.481 e. The van der Waals surface area contributed by atoms with E-state index in [0.29, 0.717) is 25.7 Å². The van der Waals surface area contributed by atoms with Crippen molar-refractivity contribution in [1.29, 1.82) is 0 Å². The van der Waals surface area contributed by atoms with Crippen LogP contribution in [0, 0.1) is 5.92 Å². The molecule has 2 unspecified atom stereocenters. The third-order valence-corrected chi connectivity index (χ3v) is 7.90. The highest BCUT2D eigenvalue weighted by atomic mass is 32.2. The number of halogens is 3. The Labute approximate surface area is 223 Å². The zero-order valence-electron chi connectivity index (χ0n) is 21.8. The van der Waals surface area contributed by atoms with Gasteiger partial charge in [0.2, 0.25) is 5.91 Å². The van der Waals surface area contributed by atoms with Gasteiger partial charge in [-0.2, -0.15) is 13.2 Å². The van der Waals surface area contributed by atoms with Crippen molar-refractivity contribution in [2.75, 3.05) is 0 Å². The molecule has 0 aliphatic carbocycles. The number of ether oxygens (including phenoxy) is 1. The van der Waals surface area contributed by atoms with Crippen molar-refractivity contribution in [3.8, 4) is 0 Å². The minimum absolute atomic E-state index is 0.167. The van der Waals surface area contributed by atoms with Crippen molar-refractivity contribution in [3.05, 3.63) is 0 Å². The summed E-state index contributed by atoms with van der Waals surface area (Å²) >= 11 is 1.38. The molecular formula is C23H36F3N5O6S. The first-order valence-electron chi connectivity index (χ1n) is 12.4. The smallest absolute Gasteiger partial charge is 0.471 e. The number of fused-ring (bicyclic) bond motifs is 1. The first kappa shape index (κ1) is 31.5. The van der Waals surface area contributed by atoms with Crippen LogP contribution in [0.15, 0.2) is 4.99 Å². The Hall–Kier alpha value is -2.71. The van der Waals surface area contributed by atoms with Crippen molar-refractivity contribution >= 4 is 41.6 Å². The number of carbonyl (C=O) groups excluding carboxylic acids is 3. The second-order valence-electron chi connectivity index (χ2n) is 10.3. The molecule has 0 aromatic carbocycles. The molecule has 0 radical (unpaired) electrons. The highest BCUT2D eigenvalue weighted by Crippen LogP contribution is 2.45. The summed E-state index contributed by atoms with van der Waals surface area (Å²) in [5.74, 6) is -5.07. The monoisotopic (exact) mass is 567 g/mol. The standard InChI is InChI=1S/C23H36F3N5O6S/c1-5-6-8-11(18(33)34)16-15-14(29-20(30-15)31-19(35)23(24,25)26)13(38-16)10-7-9-12(17(27)32)28-21(36)37-22(2,3)4/h11-16H,5-10H2,1-4H3,(H2,27,32)(H,28,36)(H,33,34)(H2,29,30,31,35)/t11?,12?,13-,14+,15+,16-/m0/s1. The summed E-state index contributed by atoms with van der Waals surface area (Å²) in [6, 6.07) is -2.20. The Kier molecular flexibility index (Phi) is 10.7. The van der Waals surface area contributed by atoms with Gasteiger partial charge in [-0.25, -0.2) is 9.79 Å². The number of nitrogens with two attached hydrogens (primary N) is 1. The molecule has 2 aliphatic heterocycles. The van der Waals surface area contributed by atoms with Gasteiger partial charge in [0.05, 0.1) is 18.0 Å². The van der Waals surface area contributed by atoms with Gasteiger partial charge in [-0.1, -0.05) is 19.8 Å². The number of rotatable bonds is 11. The van der Waals surface area contributed by atoms with Gasteiger partial charge in [-0.15, -0.1) is 11.8 Å². The summed E-state index contributed by atoms with van der Waals surface area (Å²) in [7, 11) is 0. The van der Waals surface area contributed by atoms with Gasteiger partial charge in [-0.3, -0.25) is 19.7 Å². The average Bonchev–Trinajstić information content (AvgIpc) is 3.30. The second-order valence-corrected chi connectivity index (χ2v) is 11.8. The van der Waals surface area contributed by atoms with E-state index < -0.39 is 64.9 Å². The van der Waals surface area contributed by atoms with Crippen LogP contribution in [0.3, 0.4) is 0 Å². The Morgan fingerprint density at radius 1 is 1.18 bits per heavy atom. The number of carbonyl (C=O) groups is 4. The molecule has 0 saturated carbocycles. The predicted octanol–water partition coefficient (Wildman–Crippen LogP) is 2.29. The van der Waals surface area contributed by atoms with Gasteiger partial charge in [0.1, 0.15) is 11.6 Å². The number of unbranched alkanes of at least 4 members (excludes halogenated alkanes) is 1. The molecule has 6 N–H and O–H groups in total. The van der Waals surface area contributed by atoms with Gasteiger partial charge in [0.15, 0.2) is 5.96 Å². The predicted molar refractivity (Wildman–Crippen MR) is 134 cm³/mol. The number of aliphatic imine (C=N–C) groups is 1. The number of amides is 3. The van der Waals surface area contributed by atoms with Crippen molar-refractivity contribution in [1.82, 2.24) is 16.0 Å². The van der Waals surface area contributed by atoms with Crippen LogP contribution < -0.4 is 21.7 Å². The lowest BCUT2D eigenvalue weighted by atomic mass is 9.89. The van der Waals surface area contributed by atoms with Crippen LogP contribution in [0.1, 0.15) is 66.2 Å². The number of guanidine groups is 1. The van der Waals surface area contributed by atoms with Crippen LogP contribution in [0.4, 0.5) is 18.0 Å². The minimum atomic E-state index is -5.11. The Balaban J connectivity index is 2.14. The van der Waals surface area contributed by atoms with Gasteiger partial charge >= 0.3 is 24.1 Å². The van der Waals surface area contributed by atoms with E-state index in [9.17, 15) is 37.5 Å². The number of carboxylic acids is 1. The summed E-state index contributed by atoms with van der Waals surface area (Å²) in [6.07, 6.45) is -3.13. The molecule has 0 spiro atoms. The lowest BCUT2D eigenvalue weighted by molar-refractivity contribution is -0.171. The van der Waals surface area contributed by atoms with E-state index in [1.54, 1.807) is 26.1 Å². The summed E-state index contributed by atoms with van der Waals surface area (Å²) in [5.41, 5.74) is 4.65. The summed E-state index contributed by atoms with van der Waals surface area (Å²) in [6.45, 7) is 6.93. The number of hydrogen-bond donors (Lipinski definition) is 5. The maximum atomic E-state index is 12.8. The summed E-state index contributed by atoms with van der Waals surface area (Å²) in [5, 5.41) is 16.0. The van der Waals surface area contributed by atoms with E-state index in [1.807, 2.05) is 6.92 Å². The van der Waals surface area contributed by atoms with Crippen LogP contribution in [-0.4, -0.2) is 75.3 Å². The molecule has 0 aromatic heterocycles. The number of hydrogen-bond acceptors (Lipinski definition) is 8. The average molecular weight is 568 g/mol. The fourth-order valence-electron chi connectivity index (χ4n) is 4.41. The van der Waals surface area contributed by atoms with Gasteiger partial charge < -0.3 is 26.2 Å². The first-order chi connectivity index (χ1) is 17.5. The Morgan fingerprint density at radius 3 is 2.37 bits per heavy atom. The van der Waals surface area contributed by atoms with Crippen molar-refractivity contribution in [3.63, 3.8) is 0 Å². The first-order valence-corrected chi connectivity index (χ1v) is 13.4. The maximum Gasteiger partial charge on any atom is 0.471 e. The van der Waals surface area contributed by atoms with Crippen molar-refractivity contribution in [2.45, 2.75) is 107 Å². The molecule has 2 heterocycles. The molecule has 0 bridgehead atoms. The highest BCUT2D eigenvalue weighted by Gasteiger charge is 2.52. The Bertz CT molecular complexity index is 926. The van der Waals surface area contributed by atoms with E-state index in [-0.39, 0.29) is 17.6 Å². The topological polar surface area (TPSA) is 172 Å². The van der Waals surface area contributed by atoms with Crippen molar-refractivity contribution in [2.24, 2.45) is 16.6 Å². The number of thioether (sulfide) groups is 1. The molecule has 38 heavy (non-hydrogen) atoms. The number of alkyl halides is 3. The molecule has 2 rings (SSSR count). The highest BCUT2D eigenvalue weighted by molar-refractivity contribution is 8.01. The fraction of sp³-hybridized carbons (Fsp3) is 0.783. The van der Waals surface area contributed by atoms with E-state index in [1.165, 1.54) is 11.8 Å². The molecule has 15 heteroatoms. The third-order valence-electron chi connectivity index (χ3n) is 6.10. The van der Waals surface area contributed by atoms with Gasteiger partial charge in [0, 0.05) is 10.5 Å². The molecule has 0 aromatic rings. The normalized spacial score (nSPS) is 24.4.